The zero-order chi connectivity index (χ0) is 14.5. The molecule has 104 valence electrons. The van der Waals surface area contributed by atoms with Crippen LogP contribution in [0.2, 0.25) is 0 Å². The first-order valence-corrected chi connectivity index (χ1v) is 7.23. The van der Waals surface area contributed by atoms with Crippen molar-refractivity contribution in [1.29, 1.82) is 0 Å². The van der Waals surface area contributed by atoms with Gasteiger partial charge in [-0.1, -0.05) is 30.4 Å². The number of anilines is 1. The molecule has 0 aliphatic rings. The quantitative estimate of drug-likeness (QED) is 0.665. The summed E-state index contributed by atoms with van der Waals surface area (Å²) in [6.07, 6.45) is 8.39. The normalized spacial score (nSPS) is 12.6. The van der Waals surface area contributed by atoms with Crippen LogP contribution in [0.1, 0.15) is 23.4 Å². The van der Waals surface area contributed by atoms with Gasteiger partial charge in [0.15, 0.2) is 17.8 Å². The van der Waals surface area contributed by atoms with Crippen LogP contribution >= 0.6 is 12.6 Å². The van der Waals surface area contributed by atoms with Gasteiger partial charge in [0.2, 0.25) is 0 Å². The van der Waals surface area contributed by atoms with Crippen LogP contribution in [0.15, 0.2) is 48.8 Å². The molecule has 0 amide bonds. The van der Waals surface area contributed by atoms with E-state index in [-0.39, 0.29) is 5.37 Å². The third-order valence-electron chi connectivity index (χ3n) is 3.18. The first-order valence-electron chi connectivity index (χ1n) is 6.71. The number of benzene rings is 1. The van der Waals surface area contributed by atoms with E-state index < -0.39 is 0 Å². The van der Waals surface area contributed by atoms with E-state index in [1.807, 2.05) is 6.92 Å². The Balaban J connectivity index is 2.21. The summed E-state index contributed by atoms with van der Waals surface area (Å²) in [5.41, 5.74) is 3.62. The molecule has 1 aromatic carbocycles. The van der Waals surface area contributed by atoms with Crippen LogP contribution in [0.3, 0.4) is 0 Å². The van der Waals surface area contributed by atoms with Gasteiger partial charge in [-0.05, 0) is 17.2 Å². The Morgan fingerprint density at radius 2 is 1.70 bits per heavy atom. The summed E-state index contributed by atoms with van der Waals surface area (Å²) in [6, 6.07) is 12.6. The van der Waals surface area contributed by atoms with E-state index in [0.717, 1.165) is 0 Å². The highest BCUT2D eigenvalue weighted by Gasteiger charge is 2.04. The molecule has 1 aromatic heterocycles. The van der Waals surface area contributed by atoms with Gasteiger partial charge in [0.1, 0.15) is 0 Å². The maximum absolute atomic E-state index is 4.41. The van der Waals surface area contributed by atoms with Crippen molar-refractivity contribution < 1.29 is 4.57 Å². The highest BCUT2D eigenvalue weighted by molar-refractivity contribution is 7.80. The minimum Gasteiger partial charge on any atom is -0.377 e. The molecule has 0 saturated heterocycles. The second kappa shape index (κ2) is 6.62. The maximum atomic E-state index is 4.41. The second-order valence-corrected chi connectivity index (χ2v) is 5.74. The highest BCUT2D eigenvalue weighted by atomic mass is 32.1. The van der Waals surface area contributed by atoms with E-state index in [1.165, 1.54) is 16.8 Å². The lowest BCUT2D eigenvalue weighted by Gasteiger charge is -2.15. The Morgan fingerprint density at radius 3 is 2.30 bits per heavy atom. The molecular formula is C17H21N2S+. The van der Waals surface area contributed by atoms with Crippen molar-refractivity contribution in [1.82, 2.24) is 0 Å². The van der Waals surface area contributed by atoms with Crippen LogP contribution in [-0.2, 0) is 0 Å². The Bertz CT molecular complexity index is 586. The third kappa shape index (κ3) is 3.64. The minimum absolute atomic E-state index is 0.197. The Morgan fingerprint density at radius 1 is 1.05 bits per heavy atom. The van der Waals surface area contributed by atoms with Crippen molar-refractivity contribution in [2.24, 2.45) is 0 Å². The monoisotopic (exact) mass is 285 g/mol. The SMILES string of the molecule is CC(S)[n+]1ccc(/C=C/c2ccccc2N(C)C)cc1. The van der Waals surface area contributed by atoms with Crippen LogP contribution in [-0.4, -0.2) is 14.1 Å². The Hall–Kier alpha value is -1.74. The van der Waals surface area contributed by atoms with Crippen molar-refractivity contribution >= 4 is 30.5 Å². The van der Waals surface area contributed by atoms with Gasteiger partial charge in [0.25, 0.3) is 0 Å². The van der Waals surface area contributed by atoms with E-state index in [9.17, 15) is 0 Å². The number of rotatable bonds is 4. The predicted octanol–water partition coefficient (Wildman–Crippen LogP) is 3.66. The maximum Gasteiger partial charge on any atom is 0.198 e. The number of hydrogen-bond donors (Lipinski definition) is 1. The largest absolute Gasteiger partial charge is 0.377 e. The van der Waals surface area contributed by atoms with E-state index in [4.69, 9.17) is 0 Å². The Kier molecular flexibility index (Phi) is 4.85. The molecule has 0 bridgehead atoms. The molecule has 0 fully saturated rings. The van der Waals surface area contributed by atoms with Gasteiger partial charge in [-0.15, -0.1) is 12.6 Å². The van der Waals surface area contributed by atoms with Gasteiger partial charge < -0.3 is 4.90 Å². The lowest BCUT2D eigenvalue weighted by molar-refractivity contribution is -0.696. The van der Waals surface area contributed by atoms with E-state index in [0.29, 0.717) is 0 Å². The summed E-state index contributed by atoms with van der Waals surface area (Å²) in [5.74, 6) is 0. The fourth-order valence-electron chi connectivity index (χ4n) is 2.03. The average molecular weight is 285 g/mol. The Labute approximate surface area is 126 Å². The summed E-state index contributed by atoms with van der Waals surface area (Å²) in [4.78, 5) is 2.13. The van der Waals surface area contributed by atoms with Crippen LogP contribution in [0, 0.1) is 0 Å². The molecule has 3 heteroatoms. The number of aromatic nitrogens is 1. The van der Waals surface area contributed by atoms with Gasteiger partial charge in [0, 0.05) is 38.8 Å². The fourth-order valence-corrected chi connectivity index (χ4v) is 2.19. The first kappa shape index (κ1) is 14.7. The lowest BCUT2D eigenvalue weighted by atomic mass is 10.1. The topological polar surface area (TPSA) is 7.12 Å². The van der Waals surface area contributed by atoms with Crippen LogP contribution in [0.4, 0.5) is 5.69 Å². The third-order valence-corrected chi connectivity index (χ3v) is 3.45. The second-order valence-electron chi connectivity index (χ2n) is 5.00. The molecule has 0 radical (unpaired) electrons. The van der Waals surface area contributed by atoms with Gasteiger partial charge in [-0.25, -0.2) is 0 Å². The van der Waals surface area contributed by atoms with Crippen LogP contribution in [0.25, 0.3) is 12.2 Å². The molecule has 2 rings (SSSR count). The molecular weight excluding hydrogens is 264 g/mol. The molecule has 1 unspecified atom stereocenters. The van der Waals surface area contributed by atoms with Crippen molar-refractivity contribution in [2.45, 2.75) is 12.3 Å². The molecule has 1 heterocycles. The van der Waals surface area contributed by atoms with Crippen LogP contribution in [0.5, 0.6) is 0 Å². The summed E-state index contributed by atoms with van der Waals surface area (Å²) in [7, 11) is 4.12. The van der Waals surface area contributed by atoms with E-state index in [2.05, 4.69) is 97.1 Å². The van der Waals surface area contributed by atoms with Crippen molar-refractivity contribution in [3.8, 4) is 0 Å². The van der Waals surface area contributed by atoms with Gasteiger partial charge >= 0.3 is 0 Å². The molecule has 1 atom stereocenters. The molecule has 2 aromatic rings. The van der Waals surface area contributed by atoms with Gasteiger partial charge in [-0.2, -0.15) is 4.57 Å². The summed E-state index contributed by atoms with van der Waals surface area (Å²) in [5, 5.41) is 0.197. The molecule has 0 spiro atoms. The zero-order valence-corrected chi connectivity index (χ0v) is 13.1. The molecule has 0 N–H and O–H groups in total. The number of nitrogens with zero attached hydrogens (tertiary/aromatic N) is 2. The molecule has 20 heavy (non-hydrogen) atoms. The summed E-state index contributed by atoms with van der Waals surface area (Å²) < 4.78 is 2.06. The van der Waals surface area contributed by atoms with E-state index in [1.54, 1.807) is 0 Å². The number of thiol groups is 1. The molecule has 2 nitrogen and oxygen atoms in total. The van der Waals surface area contributed by atoms with Gasteiger partial charge in [-0.3, -0.25) is 0 Å². The van der Waals surface area contributed by atoms with Crippen molar-refractivity contribution in [3.05, 3.63) is 59.9 Å². The lowest BCUT2D eigenvalue weighted by Crippen LogP contribution is -2.33. The fraction of sp³-hybridized carbons (Fsp3) is 0.235. The zero-order valence-electron chi connectivity index (χ0n) is 12.2. The molecule has 0 saturated carbocycles. The first-order chi connectivity index (χ1) is 9.58. The number of pyridine rings is 1. The summed E-state index contributed by atoms with van der Waals surface area (Å²) in [6.45, 7) is 2.05. The minimum atomic E-state index is 0.197. The smallest absolute Gasteiger partial charge is 0.198 e. The van der Waals surface area contributed by atoms with Gasteiger partial charge in [0.05, 0.1) is 0 Å². The average Bonchev–Trinajstić information content (AvgIpc) is 2.45. The standard InChI is InChI=1S/C17H20N2S/c1-14(20)19-12-10-15(11-13-19)8-9-16-6-4-5-7-17(16)18(2)3/h4-14H,1-3H3/p+1. The molecule has 0 aliphatic carbocycles. The van der Waals surface area contributed by atoms with Crippen LogP contribution < -0.4 is 9.47 Å². The number of para-hydroxylation sites is 1. The highest BCUT2D eigenvalue weighted by Crippen LogP contribution is 2.20. The van der Waals surface area contributed by atoms with E-state index >= 15 is 0 Å². The van der Waals surface area contributed by atoms with Crippen molar-refractivity contribution in [3.63, 3.8) is 0 Å². The summed E-state index contributed by atoms with van der Waals surface area (Å²) >= 11 is 4.41. The van der Waals surface area contributed by atoms with Crippen molar-refractivity contribution in [2.75, 3.05) is 19.0 Å². The predicted molar refractivity (Wildman–Crippen MR) is 90.0 cm³/mol. The number of hydrogen-bond acceptors (Lipinski definition) is 2. The molecule has 0 aliphatic heterocycles.